The maximum atomic E-state index is 12.2. The molecule has 0 aromatic heterocycles. The quantitative estimate of drug-likeness (QED) is 0.747. The van der Waals surface area contributed by atoms with E-state index in [9.17, 15) is 18.0 Å². The van der Waals surface area contributed by atoms with Gasteiger partial charge in [-0.1, -0.05) is 12.2 Å². The van der Waals surface area contributed by atoms with E-state index in [2.05, 4.69) is 17.5 Å². The molecule has 1 amide bonds. The van der Waals surface area contributed by atoms with Crippen molar-refractivity contribution in [2.45, 2.75) is 6.18 Å². The number of anilines is 1. The fraction of sp³-hybridized carbons (Fsp3) is 0.111. The summed E-state index contributed by atoms with van der Waals surface area (Å²) in [6.45, 7) is 0. The topological polar surface area (TPSA) is 55.1 Å². The standard InChI is InChI=1S/C9H7F3N2OS/c10-9(11,12)5-1-3-6(4-2-5)14-8(16)7(13)15/h1-4H,(H2,13,15)(H,14,16). The largest absolute Gasteiger partial charge is 0.416 e. The summed E-state index contributed by atoms with van der Waals surface area (Å²) < 4.78 is 36.6. The van der Waals surface area contributed by atoms with Crippen LogP contribution >= 0.6 is 12.2 Å². The normalized spacial score (nSPS) is 10.9. The zero-order valence-electron chi connectivity index (χ0n) is 7.84. The number of halogens is 3. The summed E-state index contributed by atoms with van der Waals surface area (Å²) in [6, 6.07) is 4.09. The molecule has 0 atom stereocenters. The molecule has 1 aromatic carbocycles. The Bertz CT molecular complexity index is 414. The first-order valence-electron chi connectivity index (χ1n) is 4.09. The first kappa shape index (κ1) is 12.4. The lowest BCUT2D eigenvalue weighted by Crippen LogP contribution is -2.27. The molecular weight excluding hydrogens is 241 g/mol. The van der Waals surface area contributed by atoms with Gasteiger partial charge in [-0.15, -0.1) is 0 Å². The second-order valence-corrected chi connectivity index (χ2v) is 3.30. The van der Waals surface area contributed by atoms with E-state index in [-0.39, 0.29) is 10.7 Å². The van der Waals surface area contributed by atoms with Gasteiger partial charge < -0.3 is 11.1 Å². The molecule has 0 saturated carbocycles. The maximum Gasteiger partial charge on any atom is 0.416 e. The molecule has 0 aliphatic rings. The number of carbonyl (C=O) groups is 1. The third kappa shape index (κ3) is 3.20. The Morgan fingerprint density at radius 1 is 1.25 bits per heavy atom. The molecule has 0 spiro atoms. The van der Waals surface area contributed by atoms with Crippen LogP contribution in [0.3, 0.4) is 0 Å². The molecule has 0 bridgehead atoms. The Balaban J connectivity index is 2.80. The van der Waals surface area contributed by atoms with Gasteiger partial charge in [-0.2, -0.15) is 13.2 Å². The zero-order valence-corrected chi connectivity index (χ0v) is 8.65. The van der Waals surface area contributed by atoms with Crippen molar-refractivity contribution in [2.75, 3.05) is 5.32 Å². The summed E-state index contributed by atoms with van der Waals surface area (Å²) in [5.74, 6) is -0.838. The van der Waals surface area contributed by atoms with E-state index < -0.39 is 17.6 Å². The molecule has 0 fully saturated rings. The van der Waals surface area contributed by atoms with E-state index in [4.69, 9.17) is 5.73 Å². The summed E-state index contributed by atoms with van der Waals surface area (Å²) in [5.41, 5.74) is 4.36. The fourth-order valence-electron chi connectivity index (χ4n) is 0.935. The van der Waals surface area contributed by atoms with Crippen LogP contribution in [0.25, 0.3) is 0 Å². The lowest BCUT2D eigenvalue weighted by molar-refractivity contribution is -0.137. The third-order valence-corrected chi connectivity index (χ3v) is 2.00. The van der Waals surface area contributed by atoms with Crippen LogP contribution in [-0.4, -0.2) is 10.9 Å². The van der Waals surface area contributed by atoms with Gasteiger partial charge in [-0.25, -0.2) is 0 Å². The maximum absolute atomic E-state index is 12.2. The lowest BCUT2D eigenvalue weighted by atomic mass is 10.2. The molecule has 3 nitrogen and oxygen atoms in total. The number of nitrogens with one attached hydrogen (secondary N) is 1. The van der Waals surface area contributed by atoms with E-state index >= 15 is 0 Å². The van der Waals surface area contributed by atoms with Gasteiger partial charge in [-0.05, 0) is 24.3 Å². The number of hydrogen-bond donors (Lipinski definition) is 2. The smallest absolute Gasteiger partial charge is 0.364 e. The molecular formula is C9H7F3N2OS. The van der Waals surface area contributed by atoms with Gasteiger partial charge in [0.2, 0.25) is 0 Å². The third-order valence-electron chi connectivity index (χ3n) is 1.69. The Kier molecular flexibility index (Phi) is 3.48. The second-order valence-electron chi connectivity index (χ2n) is 2.89. The summed E-state index contributed by atoms with van der Waals surface area (Å²) in [7, 11) is 0. The second kappa shape index (κ2) is 4.48. The van der Waals surface area contributed by atoms with Crippen LogP contribution in [-0.2, 0) is 11.0 Å². The number of benzene rings is 1. The highest BCUT2D eigenvalue weighted by atomic mass is 32.1. The van der Waals surface area contributed by atoms with Gasteiger partial charge in [0.25, 0.3) is 5.91 Å². The molecule has 0 heterocycles. The highest BCUT2D eigenvalue weighted by Crippen LogP contribution is 2.29. The molecule has 0 aliphatic carbocycles. The fourth-order valence-corrected chi connectivity index (χ4v) is 1.05. The van der Waals surface area contributed by atoms with Crippen LogP contribution in [0.15, 0.2) is 24.3 Å². The van der Waals surface area contributed by atoms with E-state index in [1.54, 1.807) is 0 Å². The Morgan fingerprint density at radius 3 is 2.12 bits per heavy atom. The number of nitrogens with two attached hydrogens (primary N) is 1. The van der Waals surface area contributed by atoms with Crippen molar-refractivity contribution in [1.82, 2.24) is 0 Å². The predicted octanol–water partition coefficient (Wildman–Crippen LogP) is 1.93. The first-order valence-corrected chi connectivity index (χ1v) is 4.49. The van der Waals surface area contributed by atoms with Crippen molar-refractivity contribution in [3.63, 3.8) is 0 Å². The minimum atomic E-state index is -4.39. The summed E-state index contributed by atoms with van der Waals surface area (Å²) in [6.07, 6.45) is -4.39. The average Bonchev–Trinajstić information content (AvgIpc) is 2.17. The zero-order chi connectivity index (χ0) is 12.3. The molecule has 0 aliphatic heterocycles. The van der Waals surface area contributed by atoms with Crippen molar-refractivity contribution >= 4 is 28.8 Å². The van der Waals surface area contributed by atoms with Crippen LogP contribution in [0, 0.1) is 0 Å². The molecule has 16 heavy (non-hydrogen) atoms. The summed E-state index contributed by atoms with van der Waals surface area (Å²) in [5, 5.41) is 2.41. The van der Waals surface area contributed by atoms with Gasteiger partial charge in [0.05, 0.1) is 5.56 Å². The van der Waals surface area contributed by atoms with Crippen molar-refractivity contribution in [3.8, 4) is 0 Å². The minimum absolute atomic E-state index is 0.250. The Labute approximate surface area is 94.4 Å². The van der Waals surface area contributed by atoms with Crippen molar-refractivity contribution in [3.05, 3.63) is 29.8 Å². The first-order chi connectivity index (χ1) is 7.30. The van der Waals surface area contributed by atoms with E-state index in [1.165, 1.54) is 0 Å². The monoisotopic (exact) mass is 248 g/mol. The summed E-state index contributed by atoms with van der Waals surface area (Å²) in [4.78, 5) is 10.3. The average molecular weight is 248 g/mol. The Hall–Kier alpha value is -1.63. The summed E-state index contributed by atoms with van der Waals surface area (Å²) >= 11 is 4.56. The highest BCUT2D eigenvalue weighted by molar-refractivity contribution is 7.82. The van der Waals surface area contributed by atoms with Crippen molar-refractivity contribution in [1.29, 1.82) is 0 Å². The number of rotatable bonds is 1. The van der Waals surface area contributed by atoms with Crippen molar-refractivity contribution in [2.24, 2.45) is 5.73 Å². The minimum Gasteiger partial charge on any atom is -0.364 e. The molecule has 1 aromatic rings. The number of thiocarbonyl (C=S) groups is 1. The molecule has 86 valence electrons. The Morgan fingerprint density at radius 2 is 1.75 bits per heavy atom. The van der Waals surface area contributed by atoms with E-state index in [0.717, 1.165) is 24.3 Å². The van der Waals surface area contributed by atoms with Gasteiger partial charge in [0, 0.05) is 5.69 Å². The number of amides is 1. The van der Waals surface area contributed by atoms with Gasteiger partial charge in [-0.3, -0.25) is 4.79 Å². The van der Waals surface area contributed by atoms with Gasteiger partial charge in [0.15, 0.2) is 4.99 Å². The molecule has 1 rings (SSSR count). The predicted molar refractivity (Wildman–Crippen MR) is 56.9 cm³/mol. The molecule has 0 unspecified atom stereocenters. The number of alkyl halides is 3. The van der Waals surface area contributed by atoms with Gasteiger partial charge in [0.1, 0.15) is 0 Å². The highest BCUT2D eigenvalue weighted by Gasteiger charge is 2.29. The van der Waals surface area contributed by atoms with Gasteiger partial charge >= 0.3 is 6.18 Å². The number of hydrogen-bond acceptors (Lipinski definition) is 2. The SMILES string of the molecule is NC(=O)C(=S)Nc1ccc(C(F)(F)F)cc1. The van der Waals surface area contributed by atoms with Crippen LogP contribution in [0.1, 0.15) is 5.56 Å². The van der Waals surface area contributed by atoms with Crippen LogP contribution < -0.4 is 11.1 Å². The number of primary amides is 1. The molecule has 7 heteroatoms. The van der Waals surface area contributed by atoms with Crippen molar-refractivity contribution < 1.29 is 18.0 Å². The van der Waals surface area contributed by atoms with E-state index in [0.29, 0.717) is 0 Å². The lowest BCUT2D eigenvalue weighted by Gasteiger charge is -2.08. The number of carbonyl (C=O) groups excluding carboxylic acids is 1. The van der Waals surface area contributed by atoms with E-state index in [1.807, 2.05) is 0 Å². The molecule has 0 radical (unpaired) electrons. The molecule has 0 saturated heterocycles. The van der Waals surface area contributed by atoms with Crippen LogP contribution in [0.5, 0.6) is 0 Å². The molecule has 3 N–H and O–H groups in total. The van der Waals surface area contributed by atoms with Crippen LogP contribution in [0.4, 0.5) is 18.9 Å². The van der Waals surface area contributed by atoms with Crippen LogP contribution in [0.2, 0.25) is 0 Å².